The highest BCUT2D eigenvalue weighted by molar-refractivity contribution is 5.28. The van der Waals surface area contributed by atoms with Crippen molar-refractivity contribution in [3.8, 4) is 5.75 Å². The molecular formula is C14H18O. The van der Waals surface area contributed by atoms with Crippen molar-refractivity contribution in [3.63, 3.8) is 0 Å². The number of allylic oxidation sites excluding steroid dienone is 2. The monoisotopic (exact) mass is 202 g/mol. The summed E-state index contributed by atoms with van der Waals surface area (Å²) >= 11 is 0. The number of ether oxygens (including phenoxy) is 1. The van der Waals surface area contributed by atoms with E-state index >= 15 is 0 Å². The van der Waals surface area contributed by atoms with E-state index in [1.165, 1.54) is 5.56 Å². The van der Waals surface area contributed by atoms with E-state index in [1.54, 1.807) is 0 Å². The lowest BCUT2D eigenvalue weighted by Crippen LogP contribution is -1.89. The Bertz CT molecular complexity index is 320. The third-order valence-electron chi connectivity index (χ3n) is 1.62. The van der Waals surface area contributed by atoms with E-state index in [2.05, 4.69) is 19.7 Å². The minimum absolute atomic E-state index is 0.659. The van der Waals surface area contributed by atoms with E-state index in [0.29, 0.717) is 5.76 Å². The molecule has 0 saturated heterocycles. The molecule has 0 heterocycles. The average molecular weight is 202 g/mol. The fraction of sp³-hybridized carbons (Fsp3) is 0.143. The van der Waals surface area contributed by atoms with Gasteiger partial charge in [-0.3, -0.25) is 0 Å². The molecule has 0 N–H and O–H groups in total. The molecule has 0 fully saturated rings. The molecule has 0 atom stereocenters. The van der Waals surface area contributed by atoms with Crippen LogP contribution in [0.4, 0.5) is 0 Å². The molecule has 0 aliphatic carbocycles. The highest BCUT2D eigenvalue weighted by Gasteiger charge is 1.93. The summed E-state index contributed by atoms with van der Waals surface area (Å²) in [5.41, 5.74) is 1.23. The van der Waals surface area contributed by atoms with Crippen molar-refractivity contribution in [1.82, 2.24) is 0 Å². The molecule has 1 aromatic rings. The first-order valence-electron chi connectivity index (χ1n) is 4.78. The normalized spacial score (nSPS) is 9.20. The van der Waals surface area contributed by atoms with Crippen molar-refractivity contribution in [3.05, 3.63) is 67.5 Å². The SMILES string of the molecule is C=C.C=C(/C=C\C)Oc1ccc(C)cc1. The summed E-state index contributed by atoms with van der Waals surface area (Å²) in [6.07, 6.45) is 3.73. The van der Waals surface area contributed by atoms with Gasteiger partial charge in [0.15, 0.2) is 0 Å². The molecular weight excluding hydrogens is 184 g/mol. The van der Waals surface area contributed by atoms with Gasteiger partial charge in [0.1, 0.15) is 11.5 Å². The Labute approximate surface area is 92.4 Å². The fourth-order valence-electron chi connectivity index (χ4n) is 0.978. The Kier molecular flexibility index (Phi) is 6.73. The van der Waals surface area contributed by atoms with Crippen LogP contribution in [0.5, 0.6) is 5.75 Å². The van der Waals surface area contributed by atoms with E-state index in [1.807, 2.05) is 50.3 Å². The lowest BCUT2D eigenvalue weighted by atomic mass is 10.2. The maximum absolute atomic E-state index is 5.43. The highest BCUT2D eigenvalue weighted by Crippen LogP contribution is 2.14. The van der Waals surface area contributed by atoms with Gasteiger partial charge >= 0.3 is 0 Å². The molecule has 0 amide bonds. The van der Waals surface area contributed by atoms with Gasteiger partial charge in [-0.1, -0.05) is 30.4 Å². The minimum Gasteiger partial charge on any atom is -0.458 e. The van der Waals surface area contributed by atoms with Crippen molar-refractivity contribution in [2.45, 2.75) is 13.8 Å². The molecule has 0 aliphatic rings. The molecule has 0 radical (unpaired) electrons. The number of rotatable bonds is 3. The van der Waals surface area contributed by atoms with Crippen molar-refractivity contribution in [2.75, 3.05) is 0 Å². The Balaban J connectivity index is 0.000000921. The zero-order valence-electron chi connectivity index (χ0n) is 9.49. The van der Waals surface area contributed by atoms with Gasteiger partial charge in [0.25, 0.3) is 0 Å². The summed E-state index contributed by atoms with van der Waals surface area (Å²) in [6.45, 7) is 13.7. The van der Waals surface area contributed by atoms with Crippen LogP contribution < -0.4 is 4.74 Å². The third-order valence-corrected chi connectivity index (χ3v) is 1.62. The van der Waals surface area contributed by atoms with Crippen molar-refractivity contribution >= 4 is 0 Å². The maximum atomic E-state index is 5.43. The first-order chi connectivity index (χ1) is 7.22. The van der Waals surface area contributed by atoms with Gasteiger partial charge in [-0.25, -0.2) is 0 Å². The van der Waals surface area contributed by atoms with Crippen LogP contribution in [0.2, 0.25) is 0 Å². The first kappa shape index (κ1) is 13.2. The van der Waals surface area contributed by atoms with Crippen molar-refractivity contribution in [1.29, 1.82) is 0 Å². The summed E-state index contributed by atoms with van der Waals surface area (Å²) in [5, 5.41) is 0. The maximum Gasteiger partial charge on any atom is 0.127 e. The Hall–Kier alpha value is -1.76. The topological polar surface area (TPSA) is 9.23 Å². The van der Waals surface area contributed by atoms with E-state index < -0.39 is 0 Å². The van der Waals surface area contributed by atoms with Crippen LogP contribution >= 0.6 is 0 Å². The molecule has 0 unspecified atom stereocenters. The summed E-state index contributed by atoms with van der Waals surface area (Å²) in [6, 6.07) is 7.89. The summed E-state index contributed by atoms with van der Waals surface area (Å²) in [5.74, 6) is 1.49. The molecule has 1 heteroatoms. The second-order valence-corrected chi connectivity index (χ2v) is 2.88. The molecule has 0 aromatic heterocycles. The number of hydrogen-bond donors (Lipinski definition) is 0. The van der Waals surface area contributed by atoms with E-state index in [9.17, 15) is 0 Å². The average Bonchev–Trinajstić information content (AvgIpc) is 2.25. The summed E-state index contributed by atoms with van der Waals surface area (Å²) in [7, 11) is 0. The smallest absolute Gasteiger partial charge is 0.127 e. The van der Waals surface area contributed by atoms with E-state index in [4.69, 9.17) is 4.74 Å². The van der Waals surface area contributed by atoms with Crippen LogP contribution in [-0.4, -0.2) is 0 Å². The Morgan fingerprint density at radius 3 is 2.20 bits per heavy atom. The standard InChI is InChI=1S/C12H14O.C2H4/c1-4-5-11(3)13-12-8-6-10(2)7-9-12;1-2/h4-9H,3H2,1-2H3;1-2H2/b5-4-;. The largest absolute Gasteiger partial charge is 0.458 e. The van der Waals surface area contributed by atoms with Crippen LogP contribution in [0.25, 0.3) is 0 Å². The second kappa shape index (κ2) is 7.63. The van der Waals surface area contributed by atoms with Crippen LogP contribution in [0.3, 0.4) is 0 Å². The molecule has 1 nitrogen and oxygen atoms in total. The van der Waals surface area contributed by atoms with Gasteiger partial charge in [0.05, 0.1) is 0 Å². The van der Waals surface area contributed by atoms with Gasteiger partial charge in [0.2, 0.25) is 0 Å². The van der Waals surface area contributed by atoms with Crippen LogP contribution in [0.1, 0.15) is 12.5 Å². The molecule has 0 aliphatic heterocycles. The molecule has 0 saturated carbocycles. The molecule has 1 rings (SSSR count). The van der Waals surface area contributed by atoms with Crippen LogP contribution in [0.15, 0.2) is 61.9 Å². The quantitative estimate of drug-likeness (QED) is 0.404. The van der Waals surface area contributed by atoms with Gasteiger partial charge in [-0.15, -0.1) is 13.2 Å². The Morgan fingerprint density at radius 1 is 1.20 bits per heavy atom. The van der Waals surface area contributed by atoms with E-state index in [0.717, 1.165) is 5.75 Å². The zero-order valence-corrected chi connectivity index (χ0v) is 9.49. The molecule has 15 heavy (non-hydrogen) atoms. The fourth-order valence-corrected chi connectivity index (χ4v) is 0.978. The molecule has 80 valence electrons. The second-order valence-electron chi connectivity index (χ2n) is 2.88. The molecule has 0 bridgehead atoms. The molecule has 1 aromatic carbocycles. The Morgan fingerprint density at radius 2 is 1.73 bits per heavy atom. The minimum atomic E-state index is 0.659. The highest BCUT2D eigenvalue weighted by atomic mass is 16.5. The van der Waals surface area contributed by atoms with Gasteiger partial charge in [0, 0.05) is 0 Å². The summed E-state index contributed by atoms with van der Waals surface area (Å²) < 4.78 is 5.43. The predicted molar refractivity (Wildman–Crippen MR) is 67.0 cm³/mol. The van der Waals surface area contributed by atoms with Gasteiger partial charge in [-0.2, -0.15) is 0 Å². The lowest BCUT2D eigenvalue weighted by molar-refractivity contribution is 0.447. The van der Waals surface area contributed by atoms with Crippen molar-refractivity contribution < 1.29 is 4.74 Å². The van der Waals surface area contributed by atoms with E-state index in [-0.39, 0.29) is 0 Å². The molecule has 0 spiro atoms. The number of aryl methyl sites for hydroxylation is 1. The lowest BCUT2D eigenvalue weighted by Gasteiger charge is -2.04. The predicted octanol–water partition coefficient (Wildman–Crippen LogP) is 4.27. The van der Waals surface area contributed by atoms with Gasteiger partial charge in [-0.05, 0) is 32.1 Å². The van der Waals surface area contributed by atoms with Gasteiger partial charge < -0.3 is 4.74 Å². The van der Waals surface area contributed by atoms with Crippen molar-refractivity contribution in [2.24, 2.45) is 0 Å². The number of hydrogen-bond acceptors (Lipinski definition) is 1. The van der Waals surface area contributed by atoms with Crippen LogP contribution in [-0.2, 0) is 0 Å². The summed E-state index contributed by atoms with van der Waals surface area (Å²) in [4.78, 5) is 0. The third kappa shape index (κ3) is 5.53. The first-order valence-corrected chi connectivity index (χ1v) is 4.78. The number of benzene rings is 1. The van der Waals surface area contributed by atoms with Crippen LogP contribution in [0, 0.1) is 6.92 Å². The zero-order chi connectivity index (χ0) is 11.7.